The molecule has 1 saturated heterocycles. The van der Waals surface area contributed by atoms with Crippen LogP contribution in [0.25, 0.3) is 10.9 Å². The van der Waals surface area contributed by atoms with Crippen LogP contribution in [0.15, 0.2) is 42.7 Å². The minimum atomic E-state index is 0.194. The van der Waals surface area contributed by atoms with Gasteiger partial charge in [0.15, 0.2) is 0 Å². The maximum absolute atomic E-state index is 12.9. The van der Waals surface area contributed by atoms with Crippen LogP contribution in [0.4, 0.5) is 5.82 Å². The number of para-hydroxylation sites is 1. The summed E-state index contributed by atoms with van der Waals surface area (Å²) < 4.78 is 0. The van der Waals surface area contributed by atoms with Gasteiger partial charge in [-0.1, -0.05) is 50.3 Å². The topological polar surface area (TPSA) is 79.2 Å². The molecule has 2 aromatic heterocycles. The number of Topliss-reactive ketones (excluding diaryl/α,β-unsaturated/α-hetero) is 1. The van der Waals surface area contributed by atoms with Crippen molar-refractivity contribution in [3.63, 3.8) is 0 Å². The maximum Gasteiger partial charge on any atom is 0.209 e. The van der Waals surface area contributed by atoms with Gasteiger partial charge in [0.1, 0.15) is 17.4 Å². The Bertz CT molecular complexity index is 1140. The second kappa shape index (κ2) is 10.5. The molecule has 6 nitrogen and oxygen atoms in total. The predicted molar refractivity (Wildman–Crippen MR) is 136 cm³/mol. The van der Waals surface area contributed by atoms with E-state index in [1.807, 2.05) is 37.7 Å². The van der Waals surface area contributed by atoms with Crippen LogP contribution in [0.5, 0.6) is 5.75 Å². The number of ketones is 1. The Balaban J connectivity index is 1.22. The SMILES string of the molecule is O=C(CC1CCCCC1)C1CCN(c2nccc3nc([B]Cc4ccccc4O)ncc23)CC1. The van der Waals surface area contributed by atoms with Crippen LogP contribution in [0, 0.1) is 11.8 Å². The lowest BCUT2D eigenvalue weighted by Crippen LogP contribution is -2.37. The van der Waals surface area contributed by atoms with Crippen molar-refractivity contribution in [2.45, 2.75) is 57.7 Å². The van der Waals surface area contributed by atoms with Gasteiger partial charge in [0.05, 0.1) is 16.6 Å². The number of benzene rings is 1. The van der Waals surface area contributed by atoms with E-state index in [-0.39, 0.29) is 11.7 Å². The van der Waals surface area contributed by atoms with Crippen molar-refractivity contribution in [2.24, 2.45) is 11.8 Å². The lowest BCUT2D eigenvalue weighted by molar-refractivity contribution is -0.124. The van der Waals surface area contributed by atoms with E-state index in [1.54, 1.807) is 12.3 Å². The van der Waals surface area contributed by atoms with E-state index in [4.69, 9.17) is 4.98 Å². The zero-order chi connectivity index (χ0) is 23.3. The number of piperidine rings is 1. The molecule has 3 heterocycles. The second-order valence-corrected chi connectivity index (χ2v) is 9.77. The number of rotatable bonds is 7. The molecule has 2 fully saturated rings. The summed E-state index contributed by atoms with van der Waals surface area (Å²) >= 11 is 0. The fraction of sp³-hybridized carbons (Fsp3) is 0.481. The summed E-state index contributed by atoms with van der Waals surface area (Å²) in [7, 11) is 1.93. The van der Waals surface area contributed by atoms with Crippen molar-refractivity contribution in [1.29, 1.82) is 0 Å². The van der Waals surface area contributed by atoms with Crippen molar-refractivity contribution in [3.8, 4) is 5.75 Å². The third-order valence-corrected chi connectivity index (χ3v) is 7.47. The Hall–Kier alpha value is -2.96. The highest BCUT2D eigenvalue weighted by Gasteiger charge is 2.28. The quantitative estimate of drug-likeness (QED) is 0.543. The minimum Gasteiger partial charge on any atom is -0.508 e. The summed E-state index contributed by atoms with van der Waals surface area (Å²) in [6.45, 7) is 1.68. The highest BCUT2D eigenvalue weighted by atomic mass is 16.3. The Labute approximate surface area is 202 Å². The van der Waals surface area contributed by atoms with Crippen LogP contribution in [-0.2, 0) is 11.1 Å². The van der Waals surface area contributed by atoms with Crippen LogP contribution < -0.4 is 10.6 Å². The second-order valence-electron chi connectivity index (χ2n) is 9.77. The van der Waals surface area contributed by atoms with Gasteiger partial charge in [-0.3, -0.25) is 9.78 Å². The number of hydrogen-bond donors (Lipinski definition) is 1. The number of carbonyl (C=O) groups is 1. The van der Waals surface area contributed by atoms with Crippen LogP contribution in [0.3, 0.4) is 0 Å². The summed E-state index contributed by atoms with van der Waals surface area (Å²) in [4.78, 5) is 29.1. The molecule has 2 aliphatic rings. The van der Waals surface area contributed by atoms with Gasteiger partial charge < -0.3 is 10.0 Å². The zero-order valence-electron chi connectivity index (χ0n) is 19.7. The van der Waals surface area contributed by atoms with E-state index in [2.05, 4.69) is 14.9 Å². The molecule has 0 atom stereocenters. The molecule has 7 heteroatoms. The number of aromatic hydroxyl groups is 1. The van der Waals surface area contributed by atoms with E-state index in [0.29, 0.717) is 23.7 Å². The van der Waals surface area contributed by atoms with E-state index in [1.165, 1.54) is 32.1 Å². The van der Waals surface area contributed by atoms with Gasteiger partial charge in [-0.15, -0.1) is 0 Å². The Morgan fingerprint density at radius 1 is 1.03 bits per heavy atom. The van der Waals surface area contributed by atoms with Gasteiger partial charge in [-0.05, 0) is 42.8 Å². The molecular weight excluding hydrogens is 423 g/mol. The van der Waals surface area contributed by atoms with Crippen molar-refractivity contribution in [3.05, 3.63) is 48.3 Å². The van der Waals surface area contributed by atoms with E-state index in [9.17, 15) is 9.90 Å². The number of phenolic OH excluding ortho intramolecular Hbond substituents is 1. The van der Waals surface area contributed by atoms with Crippen LogP contribution >= 0.6 is 0 Å². The summed E-state index contributed by atoms with van der Waals surface area (Å²) in [6.07, 6.45) is 13.2. The molecule has 1 saturated carbocycles. The number of aromatic nitrogens is 3. The van der Waals surface area contributed by atoms with Crippen LogP contribution in [0.2, 0.25) is 0 Å². The Kier molecular flexibility index (Phi) is 7.07. The van der Waals surface area contributed by atoms with E-state index < -0.39 is 0 Å². The number of fused-ring (bicyclic) bond motifs is 1. The van der Waals surface area contributed by atoms with Gasteiger partial charge in [0.2, 0.25) is 7.28 Å². The molecule has 5 rings (SSSR count). The standard InChI is InChI=1S/C27H32BN4O2/c33-24-9-5-4-8-21(24)17-28-27-30-18-22-23(31-27)10-13-29-26(22)32-14-11-20(12-15-32)25(34)16-19-6-2-1-3-7-19/h4-5,8-10,13,18-20,33H,1-3,6-7,11-12,14-17H2. The minimum absolute atomic E-state index is 0.194. The third kappa shape index (κ3) is 5.24. The van der Waals surface area contributed by atoms with Gasteiger partial charge in [0, 0.05) is 37.8 Å². The predicted octanol–water partition coefficient (Wildman–Crippen LogP) is 4.02. The van der Waals surface area contributed by atoms with E-state index >= 15 is 0 Å². The molecule has 0 unspecified atom stereocenters. The Morgan fingerprint density at radius 2 is 1.82 bits per heavy atom. The fourth-order valence-electron chi connectivity index (χ4n) is 5.45. The largest absolute Gasteiger partial charge is 0.508 e. The molecule has 3 aromatic rings. The molecule has 0 spiro atoms. The van der Waals surface area contributed by atoms with Crippen molar-refractivity contribution < 1.29 is 9.90 Å². The highest BCUT2D eigenvalue weighted by molar-refractivity contribution is 6.50. The maximum atomic E-state index is 12.9. The lowest BCUT2D eigenvalue weighted by Gasteiger charge is -2.33. The first-order valence-corrected chi connectivity index (χ1v) is 12.7. The molecular formula is C27H32BN4O2. The first kappa shape index (κ1) is 22.8. The van der Waals surface area contributed by atoms with E-state index in [0.717, 1.165) is 54.6 Å². The first-order valence-electron chi connectivity index (χ1n) is 12.7. The van der Waals surface area contributed by atoms with Crippen LogP contribution in [0.1, 0.15) is 56.9 Å². The zero-order valence-corrected chi connectivity index (χ0v) is 19.7. The number of carbonyl (C=O) groups excluding carboxylic acids is 1. The Morgan fingerprint density at radius 3 is 2.62 bits per heavy atom. The van der Waals surface area contributed by atoms with Crippen molar-refractivity contribution in [2.75, 3.05) is 18.0 Å². The van der Waals surface area contributed by atoms with Gasteiger partial charge in [-0.25, -0.2) is 9.97 Å². The van der Waals surface area contributed by atoms with Gasteiger partial charge >= 0.3 is 0 Å². The summed E-state index contributed by atoms with van der Waals surface area (Å²) in [6, 6.07) is 9.23. The third-order valence-electron chi connectivity index (χ3n) is 7.47. The molecule has 34 heavy (non-hydrogen) atoms. The number of phenols is 1. The molecule has 175 valence electrons. The van der Waals surface area contributed by atoms with Crippen LogP contribution in [-0.4, -0.2) is 46.2 Å². The average Bonchev–Trinajstić information content (AvgIpc) is 2.88. The van der Waals surface area contributed by atoms with Crippen molar-refractivity contribution in [1.82, 2.24) is 15.0 Å². The molecule has 1 N–H and O–H groups in total. The average molecular weight is 455 g/mol. The number of nitrogens with zero attached hydrogens (tertiary/aromatic N) is 4. The molecule has 1 aromatic carbocycles. The monoisotopic (exact) mass is 455 g/mol. The van der Waals surface area contributed by atoms with Crippen molar-refractivity contribution >= 4 is 35.5 Å². The summed E-state index contributed by atoms with van der Waals surface area (Å²) in [5, 5.41) is 10.9. The molecule has 0 amide bonds. The number of pyridine rings is 1. The molecule has 1 aliphatic heterocycles. The molecule has 1 aliphatic carbocycles. The lowest BCUT2D eigenvalue weighted by atomic mass is 9.71. The van der Waals surface area contributed by atoms with Gasteiger partial charge in [-0.2, -0.15) is 0 Å². The normalized spacial score (nSPS) is 17.7. The summed E-state index contributed by atoms with van der Waals surface area (Å²) in [5.74, 6) is 2.48. The van der Waals surface area contributed by atoms with Gasteiger partial charge in [0.25, 0.3) is 0 Å². The molecule has 0 bridgehead atoms. The fourth-order valence-corrected chi connectivity index (χ4v) is 5.45. The first-order chi connectivity index (χ1) is 16.7. The number of hydrogen-bond acceptors (Lipinski definition) is 6. The number of anilines is 1. The molecule has 1 radical (unpaired) electrons. The summed E-state index contributed by atoms with van der Waals surface area (Å²) in [5.41, 5.74) is 2.35. The smallest absolute Gasteiger partial charge is 0.209 e. The highest BCUT2D eigenvalue weighted by Crippen LogP contribution is 2.31.